The van der Waals surface area contributed by atoms with Gasteiger partial charge in [-0.2, -0.15) is 0 Å². The number of fused-ring (bicyclic) bond motifs is 1. The number of nitrogens with two attached hydrogens (primary N) is 1. The van der Waals surface area contributed by atoms with E-state index in [1.807, 2.05) is 17.7 Å². The zero-order valence-electron chi connectivity index (χ0n) is 7.41. The number of nitrogen functional groups attached to an aromatic ring is 1. The van der Waals surface area contributed by atoms with E-state index in [0.717, 1.165) is 12.1 Å². The maximum atomic E-state index is 5.70. The van der Waals surface area contributed by atoms with Gasteiger partial charge in [0.1, 0.15) is 0 Å². The van der Waals surface area contributed by atoms with Gasteiger partial charge in [0.25, 0.3) is 0 Å². The Bertz CT molecular complexity index is 336. The number of imidazole rings is 1. The molecule has 2 N–H and O–H groups in total. The molecule has 1 aromatic rings. The van der Waals surface area contributed by atoms with Crippen molar-refractivity contribution in [3.63, 3.8) is 0 Å². The van der Waals surface area contributed by atoms with Crippen molar-refractivity contribution in [3.05, 3.63) is 17.5 Å². The average Bonchev–Trinajstić information content (AvgIpc) is 2.29. The third kappa shape index (κ3) is 0.858. The van der Waals surface area contributed by atoms with Crippen molar-refractivity contribution in [3.8, 4) is 0 Å². The first-order valence-corrected chi connectivity index (χ1v) is 4.18. The highest BCUT2D eigenvalue weighted by Crippen LogP contribution is 2.29. The second-order valence-electron chi connectivity index (χ2n) is 3.34. The topological polar surface area (TPSA) is 43.8 Å². The number of aromatic nitrogens is 2. The minimum absolute atomic E-state index is 0.541. The minimum atomic E-state index is 0.541. The van der Waals surface area contributed by atoms with Gasteiger partial charge in [0.2, 0.25) is 5.95 Å². The van der Waals surface area contributed by atoms with Crippen molar-refractivity contribution in [1.29, 1.82) is 0 Å². The van der Waals surface area contributed by atoms with E-state index in [2.05, 4.69) is 18.0 Å². The predicted octanol–water partition coefficient (Wildman–Crippen LogP) is 1.52. The largest absolute Gasteiger partial charge is 0.369 e. The van der Waals surface area contributed by atoms with E-state index in [1.165, 1.54) is 5.69 Å². The van der Waals surface area contributed by atoms with Crippen molar-refractivity contribution in [2.24, 2.45) is 7.05 Å². The van der Waals surface area contributed by atoms with Gasteiger partial charge in [-0.15, -0.1) is 0 Å². The first-order valence-electron chi connectivity index (χ1n) is 4.18. The Balaban J connectivity index is 2.62. The molecule has 3 nitrogen and oxygen atoms in total. The Hall–Kier alpha value is -1.25. The molecule has 64 valence electrons. The van der Waals surface area contributed by atoms with E-state index in [0.29, 0.717) is 11.9 Å². The molecule has 12 heavy (non-hydrogen) atoms. The quantitative estimate of drug-likeness (QED) is 0.630. The average molecular weight is 163 g/mol. The molecule has 0 saturated carbocycles. The molecular weight excluding hydrogens is 150 g/mol. The molecule has 0 amide bonds. The van der Waals surface area contributed by atoms with Gasteiger partial charge in [0, 0.05) is 18.7 Å². The van der Waals surface area contributed by atoms with Gasteiger partial charge in [-0.1, -0.05) is 13.0 Å². The van der Waals surface area contributed by atoms with Crippen LogP contribution in [0.1, 0.15) is 30.7 Å². The third-order valence-corrected chi connectivity index (χ3v) is 2.43. The number of hydrogen-bond donors (Lipinski definition) is 1. The van der Waals surface area contributed by atoms with Crippen molar-refractivity contribution >= 4 is 12.0 Å². The van der Waals surface area contributed by atoms with Crippen LogP contribution in [0.25, 0.3) is 6.08 Å². The summed E-state index contributed by atoms with van der Waals surface area (Å²) in [6.45, 7) is 2.20. The maximum Gasteiger partial charge on any atom is 0.200 e. The van der Waals surface area contributed by atoms with E-state index in [-0.39, 0.29) is 0 Å². The van der Waals surface area contributed by atoms with Gasteiger partial charge >= 0.3 is 0 Å². The van der Waals surface area contributed by atoms with Gasteiger partial charge in [-0.25, -0.2) is 4.98 Å². The summed E-state index contributed by atoms with van der Waals surface area (Å²) in [5.41, 5.74) is 8.00. The zero-order chi connectivity index (χ0) is 8.72. The Morgan fingerprint density at radius 3 is 3.08 bits per heavy atom. The summed E-state index contributed by atoms with van der Waals surface area (Å²) in [5, 5.41) is 0. The van der Waals surface area contributed by atoms with Crippen LogP contribution in [0.5, 0.6) is 0 Å². The van der Waals surface area contributed by atoms with Gasteiger partial charge in [-0.3, -0.25) is 0 Å². The fourth-order valence-corrected chi connectivity index (χ4v) is 1.75. The molecule has 1 unspecified atom stereocenters. The molecule has 1 aromatic heterocycles. The van der Waals surface area contributed by atoms with E-state index >= 15 is 0 Å². The fourth-order valence-electron chi connectivity index (χ4n) is 1.75. The summed E-state index contributed by atoms with van der Waals surface area (Å²) in [5.74, 6) is 1.15. The van der Waals surface area contributed by atoms with E-state index in [9.17, 15) is 0 Å². The second-order valence-corrected chi connectivity index (χ2v) is 3.34. The Morgan fingerprint density at radius 2 is 2.42 bits per heavy atom. The van der Waals surface area contributed by atoms with Crippen molar-refractivity contribution in [2.45, 2.75) is 19.3 Å². The Labute approximate surface area is 71.9 Å². The van der Waals surface area contributed by atoms with Crippen molar-refractivity contribution in [2.75, 3.05) is 5.73 Å². The summed E-state index contributed by atoms with van der Waals surface area (Å²) < 4.78 is 1.98. The number of allylic oxidation sites excluding steroid dienone is 1. The smallest absolute Gasteiger partial charge is 0.200 e. The summed E-state index contributed by atoms with van der Waals surface area (Å²) in [6, 6.07) is 0. The summed E-state index contributed by atoms with van der Waals surface area (Å²) in [6.07, 6.45) is 5.29. The van der Waals surface area contributed by atoms with E-state index < -0.39 is 0 Å². The van der Waals surface area contributed by atoms with Crippen molar-refractivity contribution in [1.82, 2.24) is 9.55 Å². The number of hydrogen-bond acceptors (Lipinski definition) is 2. The Kier molecular flexibility index (Phi) is 1.46. The molecule has 0 fully saturated rings. The SMILES string of the molecule is CC1CC=Cc2nc(N)n(C)c21. The lowest BCUT2D eigenvalue weighted by atomic mass is 9.97. The highest BCUT2D eigenvalue weighted by molar-refractivity contribution is 5.54. The molecule has 1 aliphatic rings. The first-order chi connectivity index (χ1) is 5.70. The Morgan fingerprint density at radius 1 is 1.67 bits per heavy atom. The van der Waals surface area contributed by atoms with E-state index in [4.69, 9.17) is 5.73 Å². The van der Waals surface area contributed by atoms with Crippen LogP contribution < -0.4 is 5.73 Å². The molecule has 2 rings (SSSR count). The second kappa shape index (κ2) is 2.37. The fraction of sp³-hybridized carbons (Fsp3) is 0.444. The number of anilines is 1. The van der Waals surface area contributed by atoms with Crippen LogP contribution in [0.3, 0.4) is 0 Å². The van der Waals surface area contributed by atoms with E-state index in [1.54, 1.807) is 0 Å². The van der Waals surface area contributed by atoms with Gasteiger partial charge in [0.05, 0.1) is 5.69 Å². The van der Waals surface area contributed by atoms with Crippen LogP contribution in [0.15, 0.2) is 6.08 Å². The standard InChI is InChI=1S/C9H13N3/c1-6-4-3-5-7-8(6)12(2)9(10)11-7/h3,5-6H,4H2,1-2H3,(H2,10,11). The molecule has 3 heteroatoms. The molecule has 0 spiro atoms. The normalized spacial score (nSPS) is 21.0. The van der Waals surface area contributed by atoms with Crippen LogP contribution in [0.2, 0.25) is 0 Å². The molecule has 0 bridgehead atoms. The third-order valence-electron chi connectivity index (χ3n) is 2.43. The van der Waals surface area contributed by atoms with Gasteiger partial charge < -0.3 is 10.3 Å². The highest BCUT2D eigenvalue weighted by Gasteiger charge is 2.18. The molecule has 0 aliphatic heterocycles. The molecule has 1 atom stereocenters. The molecule has 0 aromatic carbocycles. The maximum absolute atomic E-state index is 5.70. The lowest BCUT2D eigenvalue weighted by Gasteiger charge is -2.14. The molecule has 1 aliphatic carbocycles. The van der Waals surface area contributed by atoms with Crippen LogP contribution in [-0.4, -0.2) is 9.55 Å². The first kappa shape index (κ1) is 7.40. The number of rotatable bonds is 0. The highest BCUT2D eigenvalue weighted by atomic mass is 15.1. The van der Waals surface area contributed by atoms with Crippen molar-refractivity contribution < 1.29 is 0 Å². The summed E-state index contributed by atoms with van der Waals surface area (Å²) >= 11 is 0. The van der Waals surface area contributed by atoms with Gasteiger partial charge in [-0.05, 0) is 12.5 Å². The molecule has 0 radical (unpaired) electrons. The summed E-state index contributed by atoms with van der Waals surface area (Å²) in [4.78, 5) is 4.26. The molecule has 0 saturated heterocycles. The molecular formula is C9H13N3. The number of nitrogens with zero attached hydrogens (tertiary/aromatic N) is 2. The lowest BCUT2D eigenvalue weighted by molar-refractivity contribution is 0.692. The van der Waals surface area contributed by atoms with Crippen LogP contribution in [0, 0.1) is 0 Å². The minimum Gasteiger partial charge on any atom is -0.369 e. The monoisotopic (exact) mass is 163 g/mol. The predicted molar refractivity (Wildman–Crippen MR) is 49.7 cm³/mol. The zero-order valence-corrected chi connectivity index (χ0v) is 7.41. The summed E-state index contributed by atoms with van der Waals surface area (Å²) in [7, 11) is 1.97. The lowest BCUT2D eigenvalue weighted by Crippen LogP contribution is -2.06. The van der Waals surface area contributed by atoms with Gasteiger partial charge in [0.15, 0.2) is 0 Å². The van der Waals surface area contributed by atoms with Crippen LogP contribution >= 0.6 is 0 Å². The van der Waals surface area contributed by atoms with Crippen LogP contribution in [-0.2, 0) is 7.05 Å². The van der Waals surface area contributed by atoms with Crippen LogP contribution in [0.4, 0.5) is 5.95 Å². The molecule has 1 heterocycles.